The highest BCUT2D eigenvalue weighted by molar-refractivity contribution is 7.89. The predicted octanol–water partition coefficient (Wildman–Crippen LogP) is 1.75. The van der Waals surface area contributed by atoms with Crippen LogP contribution in [0.3, 0.4) is 0 Å². The van der Waals surface area contributed by atoms with Crippen molar-refractivity contribution in [3.8, 4) is 11.5 Å². The molecule has 2 aliphatic heterocycles. The lowest BCUT2D eigenvalue weighted by Gasteiger charge is -2.17. The van der Waals surface area contributed by atoms with Crippen LogP contribution >= 0.6 is 0 Å². The van der Waals surface area contributed by atoms with Crippen LogP contribution < -0.4 is 19.1 Å². The Morgan fingerprint density at radius 2 is 1.85 bits per heavy atom. The molecule has 2 aliphatic rings. The number of anilines is 1. The molecule has 7 nitrogen and oxygen atoms in total. The van der Waals surface area contributed by atoms with Crippen LogP contribution in [0.4, 0.5) is 5.69 Å². The molecule has 8 heteroatoms. The van der Waals surface area contributed by atoms with E-state index in [1.807, 2.05) is 30.3 Å². The van der Waals surface area contributed by atoms with Crippen LogP contribution in [-0.2, 0) is 14.8 Å². The van der Waals surface area contributed by atoms with E-state index in [-0.39, 0.29) is 30.1 Å². The maximum Gasteiger partial charge on any atom is 0.240 e. The van der Waals surface area contributed by atoms with Gasteiger partial charge in [0.15, 0.2) is 11.5 Å². The highest BCUT2D eigenvalue weighted by Gasteiger charge is 2.31. The molecule has 0 radical (unpaired) electrons. The molecule has 1 atom stereocenters. The topological polar surface area (TPSA) is 84.9 Å². The summed E-state index contributed by atoms with van der Waals surface area (Å²) in [5, 5.41) is 0. The molecule has 0 aliphatic carbocycles. The Labute approximate surface area is 151 Å². The first-order valence-electron chi connectivity index (χ1n) is 8.28. The Balaban J connectivity index is 1.42. The van der Waals surface area contributed by atoms with E-state index in [1.54, 1.807) is 11.0 Å². The van der Waals surface area contributed by atoms with Gasteiger partial charge in [-0.15, -0.1) is 0 Å². The van der Waals surface area contributed by atoms with Crippen molar-refractivity contribution in [2.45, 2.75) is 11.3 Å². The van der Waals surface area contributed by atoms with Gasteiger partial charge < -0.3 is 14.4 Å². The minimum Gasteiger partial charge on any atom is -0.454 e. The molecule has 1 unspecified atom stereocenters. The van der Waals surface area contributed by atoms with Crippen LogP contribution in [0.15, 0.2) is 53.4 Å². The van der Waals surface area contributed by atoms with Crippen LogP contribution in [0.5, 0.6) is 11.5 Å². The third kappa shape index (κ3) is 3.25. The van der Waals surface area contributed by atoms with Crippen molar-refractivity contribution in [1.82, 2.24) is 4.72 Å². The number of ether oxygens (including phenoxy) is 2. The number of rotatable bonds is 5. The third-order valence-corrected chi connectivity index (χ3v) is 5.91. The summed E-state index contributed by atoms with van der Waals surface area (Å²) >= 11 is 0. The van der Waals surface area contributed by atoms with Crippen molar-refractivity contribution in [1.29, 1.82) is 0 Å². The summed E-state index contributed by atoms with van der Waals surface area (Å²) < 4.78 is 38.0. The van der Waals surface area contributed by atoms with Gasteiger partial charge in [0.05, 0.1) is 4.90 Å². The molecule has 1 N–H and O–H groups in total. The predicted molar refractivity (Wildman–Crippen MR) is 94.7 cm³/mol. The number of para-hydroxylation sites is 1. The number of sulfonamides is 1. The fourth-order valence-electron chi connectivity index (χ4n) is 3.13. The first kappa shape index (κ1) is 16.9. The van der Waals surface area contributed by atoms with Crippen molar-refractivity contribution >= 4 is 21.6 Å². The van der Waals surface area contributed by atoms with E-state index in [1.165, 1.54) is 12.1 Å². The molecule has 1 fully saturated rings. The van der Waals surface area contributed by atoms with E-state index in [0.717, 1.165) is 5.69 Å². The van der Waals surface area contributed by atoms with Crippen LogP contribution in [-0.4, -0.2) is 34.2 Å². The molecule has 4 rings (SSSR count). The Morgan fingerprint density at radius 3 is 2.65 bits per heavy atom. The lowest BCUT2D eigenvalue weighted by Crippen LogP contribution is -2.31. The second-order valence-electron chi connectivity index (χ2n) is 6.28. The Morgan fingerprint density at radius 1 is 1.08 bits per heavy atom. The second-order valence-corrected chi connectivity index (χ2v) is 8.04. The number of hydrogen-bond donors (Lipinski definition) is 1. The number of amides is 1. The first-order chi connectivity index (χ1) is 12.5. The third-order valence-electron chi connectivity index (χ3n) is 4.49. The highest BCUT2D eigenvalue weighted by Crippen LogP contribution is 2.34. The number of fused-ring (bicyclic) bond motifs is 1. The van der Waals surface area contributed by atoms with Crippen LogP contribution in [0.2, 0.25) is 0 Å². The number of carbonyl (C=O) groups excluding carboxylic acids is 1. The second kappa shape index (κ2) is 6.62. The van der Waals surface area contributed by atoms with Crippen molar-refractivity contribution in [2.75, 3.05) is 24.8 Å². The van der Waals surface area contributed by atoms with Crippen molar-refractivity contribution in [3.63, 3.8) is 0 Å². The maximum absolute atomic E-state index is 12.5. The zero-order valence-electron chi connectivity index (χ0n) is 13.9. The molecular weight excluding hydrogens is 356 g/mol. The molecule has 0 spiro atoms. The minimum atomic E-state index is -3.68. The van der Waals surface area contributed by atoms with Gasteiger partial charge in [0.25, 0.3) is 0 Å². The quantitative estimate of drug-likeness (QED) is 0.862. The van der Waals surface area contributed by atoms with Crippen molar-refractivity contribution in [2.24, 2.45) is 5.92 Å². The van der Waals surface area contributed by atoms with Gasteiger partial charge in [-0.2, -0.15) is 0 Å². The van der Waals surface area contributed by atoms with Crippen LogP contribution in [0.25, 0.3) is 0 Å². The van der Waals surface area contributed by atoms with Gasteiger partial charge in [0, 0.05) is 31.3 Å². The monoisotopic (exact) mass is 374 g/mol. The van der Waals surface area contributed by atoms with Gasteiger partial charge in [-0.3, -0.25) is 4.79 Å². The molecule has 2 aromatic rings. The molecule has 26 heavy (non-hydrogen) atoms. The number of carbonyl (C=O) groups is 1. The van der Waals surface area contributed by atoms with Crippen molar-refractivity contribution < 1.29 is 22.7 Å². The largest absolute Gasteiger partial charge is 0.454 e. The molecule has 2 aromatic carbocycles. The average Bonchev–Trinajstić information content (AvgIpc) is 3.26. The highest BCUT2D eigenvalue weighted by atomic mass is 32.2. The summed E-state index contributed by atoms with van der Waals surface area (Å²) in [7, 11) is -3.68. The fourth-order valence-corrected chi connectivity index (χ4v) is 4.26. The summed E-state index contributed by atoms with van der Waals surface area (Å²) in [5.41, 5.74) is 0.832. The van der Waals surface area contributed by atoms with E-state index >= 15 is 0 Å². The Bertz CT molecular complexity index is 930. The zero-order valence-corrected chi connectivity index (χ0v) is 14.7. The molecule has 136 valence electrons. The van der Waals surface area contributed by atoms with Gasteiger partial charge in [-0.05, 0) is 30.2 Å². The first-order valence-corrected chi connectivity index (χ1v) is 9.76. The maximum atomic E-state index is 12.5. The summed E-state index contributed by atoms with van der Waals surface area (Å²) in [6, 6.07) is 13.9. The molecule has 1 saturated heterocycles. The summed E-state index contributed by atoms with van der Waals surface area (Å²) in [5.74, 6) is 0.873. The van der Waals surface area contributed by atoms with Gasteiger partial charge in [0.2, 0.25) is 22.7 Å². The fraction of sp³-hybridized carbons (Fsp3) is 0.278. The lowest BCUT2D eigenvalue weighted by atomic mass is 10.1. The lowest BCUT2D eigenvalue weighted by molar-refractivity contribution is -0.117. The van der Waals surface area contributed by atoms with Crippen LogP contribution in [0, 0.1) is 5.92 Å². The molecule has 0 bridgehead atoms. The normalized spacial score (nSPS) is 19.2. The summed E-state index contributed by atoms with van der Waals surface area (Å²) in [4.78, 5) is 14.0. The summed E-state index contributed by atoms with van der Waals surface area (Å²) in [6.45, 7) is 0.782. The van der Waals surface area contributed by atoms with E-state index < -0.39 is 10.0 Å². The van der Waals surface area contributed by atoms with E-state index in [2.05, 4.69) is 4.72 Å². The number of nitrogens with one attached hydrogen (secondary N) is 1. The molecule has 0 saturated carbocycles. The summed E-state index contributed by atoms with van der Waals surface area (Å²) in [6.07, 6.45) is 0.318. The SMILES string of the molecule is O=C1CC(CNS(=O)(=O)c2ccc3c(c2)OCO3)CN1c1ccccc1. The van der Waals surface area contributed by atoms with E-state index in [9.17, 15) is 13.2 Å². The molecule has 2 heterocycles. The standard InChI is InChI=1S/C18H18N2O5S/c21-18-8-13(11-20(18)14-4-2-1-3-5-14)10-19-26(22,23)15-6-7-16-17(9-15)25-12-24-16/h1-7,9,13,19H,8,10-12H2. The van der Waals surface area contributed by atoms with Gasteiger partial charge in [-0.1, -0.05) is 18.2 Å². The minimum absolute atomic E-state index is 0.00322. The Kier molecular flexibility index (Phi) is 4.29. The van der Waals surface area contributed by atoms with Gasteiger partial charge in [-0.25, -0.2) is 13.1 Å². The number of benzene rings is 2. The smallest absolute Gasteiger partial charge is 0.240 e. The van der Waals surface area contributed by atoms with Crippen LogP contribution in [0.1, 0.15) is 6.42 Å². The Hall–Kier alpha value is -2.58. The van der Waals surface area contributed by atoms with Gasteiger partial charge in [0.1, 0.15) is 0 Å². The molecule has 0 aromatic heterocycles. The van der Waals surface area contributed by atoms with E-state index in [4.69, 9.17) is 9.47 Å². The number of nitrogens with zero attached hydrogens (tertiary/aromatic N) is 1. The van der Waals surface area contributed by atoms with Crippen molar-refractivity contribution in [3.05, 3.63) is 48.5 Å². The average molecular weight is 374 g/mol. The molecular formula is C18H18N2O5S. The zero-order chi connectivity index (χ0) is 18.1. The molecule has 1 amide bonds. The van der Waals surface area contributed by atoms with Gasteiger partial charge >= 0.3 is 0 Å². The number of hydrogen-bond acceptors (Lipinski definition) is 5. The van der Waals surface area contributed by atoms with E-state index in [0.29, 0.717) is 24.5 Å².